The standard InChI is InChI=1S/C22H24BrNO9/c1-10(25)17(29)19-21(31,12(3)27)22(32,13(4)28)20(30,11(2)26)18(33-19)14-5-6-15(9-24)16(7-14)8-23/h5-7,17-19,29-32H,8H2,1-4H3/t17?,18-,19+,20-,21+,22+/m0/s1. The Hall–Kier alpha value is -2.33. The number of hydrogen-bond donors (Lipinski definition) is 4. The summed E-state index contributed by atoms with van der Waals surface area (Å²) >= 11 is 3.21. The molecule has 33 heavy (non-hydrogen) atoms. The summed E-state index contributed by atoms with van der Waals surface area (Å²) in [6.07, 6.45) is -6.36. The van der Waals surface area contributed by atoms with Crippen molar-refractivity contribution >= 4 is 39.1 Å². The minimum Gasteiger partial charge on any atom is -0.382 e. The second-order valence-corrected chi connectivity index (χ2v) is 8.63. The molecule has 1 aromatic carbocycles. The molecule has 1 saturated heterocycles. The van der Waals surface area contributed by atoms with Crippen LogP contribution in [0.25, 0.3) is 0 Å². The lowest BCUT2D eigenvalue weighted by Gasteiger charge is -2.58. The number of ether oxygens (including phenoxy) is 1. The zero-order chi connectivity index (χ0) is 25.5. The van der Waals surface area contributed by atoms with E-state index in [1.807, 2.05) is 6.07 Å². The highest BCUT2D eigenvalue weighted by Crippen LogP contribution is 2.52. The Labute approximate surface area is 197 Å². The summed E-state index contributed by atoms with van der Waals surface area (Å²) in [7, 11) is 0. The minimum atomic E-state index is -3.51. The maximum absolute atomic E-state index is 12.8. The number of ketones is 4. The van der Waals surface area contributed by atoms with Crippen LogP contribution >= 0.6 is 15.9 Å². The van der Waals surface area contributed by atoms with Crippen molar-refractivity contribution in [1.82, 2.24) is 0 Å². The van der Waals surface area contributed by atoms with E-state index in [4.69, 9.17) is 4.74 Å². The molecular weight excluding hydrogens is 502 g/mol. The number of benzene rings is 1. The van der Waals surface area contributed by atoms with Gasteiger partial charge in [0.1, 0.15) is 18.3 Å². The van der Waals surface area contributed by atoms with Crippen LogP contribution in [0, 0.1) is 11.3 Å². The molecule has 0 aromatic heterocycles. The van der Waals surface area contributed by atoms with Gasteiger partial charge < -0.3 is 25.2 Å². The van der Waals surface area contributed by atoms with Crippen LogP contribution in [0.4, 0.5) is 0 Å². The van der Waals surface area contributed by atoms with Crippen LogP contribution in [0.15, 0.2) is 18.2 Å². The molecular formula is C22H24BrNO9. The summed E-state index contributed by atoms with van der Waals surface area (Å²) < 4.78 is 5.65. The summed E-state index contributed by atoms with van der Waals surface area (Å²) in [4.78, 5) is 50.1. The second kappa shape index (κ2) is 9.13. The molecule has 1 fully saturated rings. The molecule has 0 saturated carbocycles. The first kappa shape index (κ1) is 26.9. The number of rotatable bonds is 7. The van der Waals surface area contributed by atoms with Crippen LogP contribution < -0.4 is 0 Å². The predicted molar refractivity (Wildman–Crippen MR) is 115 cm³/mol. The number of nitriles is 1. The van der Waals surface area contributed by atoms with Crippen molar-refractivity contribution in [2.45, 2.75) is 68.1 Å². The van der Waals surface area contributed by atoms with Gasteiger partial charge in [-0.05, 0) is 44.9 Å². The van der Waals surface area contributed by atoms with Crippen molar-refractivity contribution in [3.63, 3.8) is 0 Å². The zero-order valence-electron chi connectivity index (χ0n) is 18.3. The van der Waals surface area contributed by atoms with Gasteiger partial charge in [-0.25, -0.2) is 0 Å². The van der Waals surface area contributed by atoms with Crippen molar-refractivity contribution in [3.05, 3.63) is 34.9 Å². The normalized spacial score (nSPS) is 32.5. The third kappa shape index (κ3) is 3.67. The maximum Gasteiger partial charge on any atom is 0.200 e. The summed E-state index contributed by atoms with van der Waals surface area (Å²) in [5, 5.41) is 54.3. The van der Waals surface area contributed by atoms with Gasteiger partial charge in [-0.1, -0.05) is 28.1 Å². The lowest BCUT2D eigenvalue weighted by atomic mass is 9.57. The summed E-state index contributed by atoms with van der Waals surface area (Å²) in [5.74, 6) is -4.91. The van der Waals surface area contributed by atoms with Crippen LogP contribution in [-0.2, 0) is 29.2 Å². The first-order valence-corrected chi connectivity index (χ1v) is 10.9. The molecule has 2 rings (SSSR count). The number of carbonyl (C=O) groups is 4. The number of Topliss-reactive ketones (excluding diaryl/α,β-unsaturated/α-hetero) is 4. The first-order chi connectivity index (χ1) is 15.2. The van der Waals surface area contributed by atoms with Gasteiger partial charge in [0.05, 0.1) is 11.6 Å². The van der Waals surface area contributed by atoms with Crippen molar-refractivity contribution in [2.24, 2.45) is 0 Å². The molecule has 1 heterocycles. The highest BCUT2D eigenvalue weighted by Gasteiger charge is 2.79. The van der Waals surface area contributed by atoms with Crippen LogP contribution in [-0.4, -0.2) is 72.6 Å². The number of carbonyl (C=O) groups excluding carboxylic acids is 4. The molecule has 1 aromatic rings. The van der Waals surface area contributed by atoms with E-state index >= 15 is 0 Å². The van der Waals surface area contributed by atoms with Crippen LogP contribution in [0.5, 0.6) is 0 Å². The molecule has 0 amide bonds. The molecule has 178 valence electrons. The van der Waals surface area contributed by atoms with E-state index in [2.05, 4.69) is 15.9 Å². The van der Waals surface area contributed by atoms with Gasteiger partial charge in [-0.2, -0.15) is 5.26 Å². The fraction of sp³-hybridized carbons (Fsp3) is 0.500. The molecule has 0 radical (unpaired) electrons. The first-order valence-electron chi connectivity index (χ1n) is 9.79. The summed E-state index contributed by atoms with van der Waals surface area (Å²) in [5.41, 5.74) is -9.49. The average Bonchev–Trinajstić information content (AvgIpc) is 2.75. The molecule has 0 bridgehead atoms. The Morgan fingerprint density at radius 2 is 1.61 bits per heavy atom. The Morgan fingerprint density at radius 3 is 2.00 bits per heavy atom. The number of aliphatic hydroxyl groups excluding tert-OH is 1. The maximum atomic E-state index is 12.8. The number of aliphatic hydroxyl groups is 4. The SMILES string of the molecule is CC(=O)C(O)[C@H]1O[C@@H](c2ccc(C#N)c(CBr)c2)[C@@](O)(C(C)=O)[C@](O)(C(C)=O)[C@@]1(O)C(C)=O. The summed E-state index contributed by atoms with van der Waals surface area (Å²) in [6, 6.07) is 5.92. The third-order valence-electron chi connectivity index (χ3n) is 6.16. The monoisotopic (exact) mass is 525 g/mol. The summed E-state index contributed by atoms with van der Waals surface area (Å²) in [6.45, 7) is 3.24. The van der Waals surface area contributed by atoms with Gasteiger partial charge >= 0.3 is 0 Å². The van der Waals surface area contributed by atoms with Crippen LogP contribution in [0.1, 0.15) is 50.5 Å². The van der Waals surface area contributed by atoms with E-state index in [1.54, 1.807) is 0 Å². The number of hydrogen-bond acceptors (Lipinski definition) is 10. The van der Waals surface area contributed by atoms with E-state index in [1.165, 1.54) is 18.2 Å². The molecule has 11 heteroatoms. The smallest absolute Gasteiger partial charge is 0.200 e. The molecule has 4 N–H and O–H groups in total. The quantitative estimate of drug-likeness (QED) is 0.347. The Kier molecular flexibility index (Phi) is 7.45. The molecule has 10 nitrogen and oxygen atoms in total. The molecule has 0 spiro atoms. The molecule has 0 aliphatic carbocycles. The topological polar surface area (TPSA) is 182 Å². The third-order valence-corrected chi connectivity index (χ3v) is 6.76. The van der Waals surface area contributed by atoms with E-state index in [9.17, 15) is 44.9 Å². The number of halogens is 1. The van der Waals surface area contributed by atoms with Gasteiger partial charge in [-0.3, -0.25) is 19.2 Å². The average molecular weight is 526 g/mol. The van der Waals surface area contributed by atoms with Crippen molar-refractivity contribution < 1.29 is 44.3 Å². The predicted octanol–water partition coefficient (Wildman–Crippen LogP) is -0.197. The zero-order valence-corrected chi connectivity index (χ0v) is 19.9. The van der Waals surface area contributed by atoms with Crippen LogP contribution in [0.2, 0.25) is 0 Å². The molecule has 1 aliphatic heterocycles. The second-order valence-electron chi connectivity index (χ2n) is 8.07. The lowest BCUT2D eigenvalue weighted by molar-refractivity contribution is -0.329. The fourth-order valence-electron chi connectivity index (χ4n) is 4.29. The van der Waals surface area contributed by atoms with Crippen molar-refractivity contribution in [3.8, 4) is 6.07 Å². The number of nitrogens with zero attached hydrogens (tertiary/aromatic N) is 1. The van der Waals surface area contributed by atoms with Crippen molar-refractivity contribution in [1.29, 1.82) is 5.26 Å². The highest BCUT2D eigenvalue weighted by molar-refractivity contribution is 9.08. The molecule has 1 aliphatic rings. The lowest BCUT2D eigenvalue weighted by Crippen LogP contribution is -2.85. The fourth-order valence-corrected chi connectivity index (χ4v) is 4.76. The van der Waals surface area contributed by atoms with Crippen LogP contribution in [0.3, 0.4) is 0 Å². The van der Waals surface area contributed by atoms with E-state index < -0.39 is 58.2 Å². The van der Waals surface area contributed by atoms with E-state index in [0.717, 1.165) is 27.7 Å². The Morgan fingerprint density at radius 1 is 1.06 bits per heavy atom. The largest absolute Gasteiger partial charge is 0.382 e. The Balaban J connectivity index is 2.99. The van der Waals surface area contributed by atoms with E-state index in [0.29, 0.717) is 5.56 Å². The molecule has 1 unspecified atom stereocenters. The van der Waals surface area contributed by atoms with Gasteiger partial charge in [0.25, 0.3) is 0 Å². The van der Waals surface area contributed by atoms with Gasteiger partial charge in [0, 0.05) is 5.33 Å². The van der Waals surface area contributed by atoms with Crippen molar-refractivity contribution in [2.75, 3.05) is 0 Å². The van der Waals surface area contributed by atoms with Gasteiger partial charge in [0.2, 0.25) is 0 Å². The van der Waals surface area contributed by atoms with E-state index in [-0.39, 0.29) is 16.5 Å². The molecule has 6 atom stereocenters. The minimum absolute atomic E-state index is 0.0211. The Bertz CT molecular complexity index is 1070. The van der Waals surface area contributed by atoms with Gasteiger partial charge in [-0.15, -0.1) is 0 Å². The van der Waals surface area contributed by atoms with Gasteiger partial charge in [0.15, 0.2) is 39.9 Å². The number of alkyl halides is 1. The highest BCUT2D eigenvalue weighted by atomic mass is 79.9.